The first-order valence-electron chi connectivity index (χ1n) is 7.96. The van der Waals surface area contributed by atoms with Crippen LogP contribution >= 0.6 is 11.6 Å². The maximum atomic E-state index is 10.4. The van der Waals surface area contributed by atoms with E-state index in [9.17, 15) is 5.11 Å². The molecule has 2 rings (SSSR count). The fourth-order valence-electron chi connectivity index (χ4n) is 2.64. The van der Waals surface area contributed by atoms with E-state index in [-0.39, 0.29) is 0 Å². The Morgan fingerprint density at radius 1 is 1.36 bits per heavy atom. The molecule has 0 unspecified atom stereocenters. The summed E-state index contributed by atoms with van der Waals surface area (Å²) in [7, 11) is 0. The summed E-state index contributed by atoms with van der Waals surface area (Å²) < 4.78 is 0. The van der Waals surface area contributed by atoms with E-state index in [0.717, 1.165) is 56.7 Å². The SMILES string of the molecule is CCNC(=NCC1(O)CCCC1)NCCc1ccc(Cl)nc1. The molecule has 5 nitrogen and oxygen atoms in total. The lowest BCUT2D eigenvalue weighted by atomic mass is 10.0. The largest absolute Gasteiger partial charge is 0.388 e. The van der Waals surface area contributed by atoms with E-state index in [1.807, 2.05) is 13.0 Å². The lowest BCUT2D eigenvalue weighted by molar-refractivity contribution is 0.0574. The van der Waals surface area contributed by atoms with E-state index in [1.54, 1.807) is 12.3 Å². The van der Waals surface area contributed by atoms with E-state index in [4.69, 9.17) is 11.6 Å². The summed E-state index contributed by atoms with van der Waals surface area (Å²) in [4.78, 5) is 8.59. The molecular formula is C16H25ClN4O. The number of nitrogens with one attached hydrogen (secondary N) is 2. The lowest BCUT2D eigenvalue weighted by Crippen LogP contribution is -2.40. The van der Waals surface area contributed by atoms with Crippen LogP contribution in [-0.4, -0.2) is 41.3 Å². The number of aliphatic hydroxyl groups is 1. The lowest BCUT2D eigenvalue weighted by Gasteiger charge is -2.20. The summed E-state index contributed by atoms with van der Waals surface area (Å²) in [5.41, 5.74) is 0.518. The average molecular weight is 325 g/mol. The molecule has 0 aliphatic heterocycles. The first kappa shape index (κ1) is 17.0. The van der Waals surface area contributed by atoms with Gasteiger partial charge < -0.3 is 15.7 Å². The molecule has 0 spiro atoms. The molecule has 1 aliphatic carbocycles. The molecule has 3 N–H and O–H groups in total. The van der Waals surface area contributed by atoms with Gasteiger partial charge in [0.15, 0.2) is 5.96 Å². The van der Waals surface area contributed by atoms with Gasteiger partial charge >= 0.3 is 0 Å². The van der Waals surface area contributed by atoms with Gasteiger partial charge in [0.05, 0.1) is 12.1 Å². The van der Waals surface area contributed by atoms with Crippen LogP contribution in [0.1, 0.15) is 38.2 Å². The van der Waals surface area contributed by atoms with Crippen LogP contribution in [0, 0.1) is 0 Å². The van der Waals surface area contributed by atoms with E-state index in [1.165, 1.54) is 0 Å². The highest BCUT2D eigenvalue weighted by Crippen LogP contribution is 2.29. The normalized spacial score (nSPS) is 17.5. The molecule has 22 heavy (non-hydrogen) atoms. The van der Waals surface area contributed by atoms with Gasteiger partial charge in [-0.05, 0) is 37.8 Å². The highest BCUT2D eigenvalue weighted by Gasteiger charge is 2.30. The molecule has 1 aliphatic rings. The highest BCUT2D eigenvalue weighted by molar-refractivity contribution is 6.29. The molecule has 0 radical (unpaired) electrons. The summed E-state index contributed by atoms with van der Waals surface area (Å²) in [6, 6.07) is 3.77. The number of hydrogen-bond donors (Lipinski definition) is 3. The second kappa shape index (κ2) is 8.34. The Kier molecular flexibility index (Phi) is 6.46. The molecule has 0 bridgehead atoms. The zero-order valence-corrected chi connectivity index (χ0v) is 13.9. The highest BCUT2D eigenvalue weighted by atomic mass is 35.5. The van der Waals surface area contributed by atoms with Gasteiger partial charge in [-0.1, -0.05) is 30.5 Å². The van der Waals surface area contributed by atoms with Crippen LogP contribution in [-0.2, 0) is 6.42 Å². The average Bonchev–Trinajstić information content (AvgIpc) is 2.94. The Morgan fingerprint density at radius 2 is 2.14 bits per heavy atom. The summed E-state index contributed by atoms with van der Waals surface area (Å²) in [6.07, 6.45) is 6.53. The van der Waals surface area contributed by atoms with Crippen molar-refractivity contribution in [1.82, 2.24) is 15.6 Å². The molecule has 6 heteroatoms. The van der Waals surface area contributed by atoms with Crippen LogP contribution in [0.2, 0.25) is 5.15 Å². The van der Waals surface area contributed by atoms with Crippen LogP contribution in [0.5, 0.6) is 0 Å². The van der Waals surface area contributed by atoms with Gasteiger partial charge in [0.25, 0.3) is 0 Å². The number of aliphatic imine (C=N–C) groups is 1. The van der Waals surface area contributed by atoms with Crippen molar-refractivity contribution in [2.24, 2.45) is 4.99 Å². The third-order valence-corrected chi connectivity index (χ3v) is 4.13. The molecule has 0 aromatic carbocycles. The summed E-state index contributed by atoms with van der Waals surface area (Å²) >= 11 is 5.77. The minimum Gasteiger partial charge on any atom is -0.388 e. The number of guanidine groups is 1. The van der Waals surface area contributed by atoms with Crippen molar-refractivity contribution < 1.29 is 5.11 Å². The van der Waals surface area contributed by atoms with Gasteiger partial charge in [0.1, 0.15) is 5.15 Å². The second-order valence-corrected chi connectivity index (χ2v) is 6.18. The van der Waals surface area contributed by atoms with Crippen molar-refractivity contribution in [3.63, 3.8) is 0 Å². The second-order valence-electron chi connectivity index (χ2n) is 5.79. The number of nitrogens with zero attached hydrogens (tertiary/aromatic N) is 2. The van der Waals surface area contributed by atoms with Crippen LogP contribution < -0.4 is 10.6 Å². The van der Waals surface area contributed by atoms with Gasteiger partial charge in [-0.3, -0.25) is 4.99 Å². The molecule has 1 heterocycles. The number of rotatable bonds is 6. The molecule has 0 amide bonds. The first-order chi connectivity index (χ1) is 10.6. The Bertz CT molecular complexity index is 483. The molecule has 0 atom stereocenters. The maximum Gasteiger partial charge on any atom is 0.191 e. The standard InChI is InChI=1S/C16H25ClN4O/c1-2-18-15(21-12-16(22)8-3-4-9-16)19-10-7-13-5-6-14(17)20-11-13/h5-6,11,22H,2-4,7-10,12H2,1H3,(H2,18,19,21). The van der Waals surface area contributed by atoms with Crippen molar-refractivity contribution in [3.8, 4) is 0 Å². The van der Waals surface area contributed by atoms with Gasteiger partial charge in [-0.2, -0.15) is 0 Å². The molecule has 0 saturated heterocycles. The first-order valence-corrected chi connectivity index (χ1v) is 8.34. The van der Waals surface area contributed by atoms with Crippen molar-refractivity contribution in [2.75, 3.05) is 19.6 Å². The summed E-state index contributed by atoms with van der Waals surface area (Å²) in [5, 5.41) is 17.4. The third-order valence-electron chi connectivity index (χ3n) is 3.90. The van der Waals surface area contributed by atoms with Crippen molar-refractivity contribution in [3.05, 3.63) is 29.0 Å². The number of hydrogen-bond acceptors (Lipinski definition) is 3. The Balaban J connectivity index is 1.81. The van der Waals surface area contributed by atoms with Crippen LogP contribution in [0.3, 0.4) is 0 Å². The van der Waals surface area contributed by atoms with Crippen molar-refractivity contribution >= 4 is 17.6 Å². The van der Waals surface area contributed by atoms with E-state index in [0.29, 0.717) is 11.7 Å². The minimum atomic E-state index is -0.609. The number of pyridine rings is 1. The van der Waals surface area contributed by atoms with E-state index < -0.39 is 5.60 Å². The van der Waals surface area contributed by atoms with Gasteiger partial charge in [0.2, 0.25) is 0 Å². The molecule has 1 saturated carbocycles. The summed E-state index contributed by atoms with van der Waals surface area (Å²) in [5.74, 6) is 0.754. The topological polar surface area (TPSA) is 69.5 Å². The Hall–Kier alpha value is -1.33. The van der Waals surface area contributed by atoms with Gasteiger partial charge in [-0.25, -0.2) is 4.98 Å². The molecule has 1 fully saturated rings. The molecule has 122 valence electrons. The third kappa shape index (κ3) is 5.46. The minimum absolute atomic E-state index is 0.463. The van der Waals surface area contributed by atoms with Crippen molar-refractivity contribution in [2.45, 2.75) is 44.6 Å². The van der Waals surface area contributed by atoms with E-state index in [2.05, 4.69) is 20.6 Å². The van der Waals surface area contributed by atoms with Gasteiger partial charge in [0, 0.05) is 19.3 Å². The van der Waals surface area contributed by atoms with Crippen LogP contribution in [0.4, 0.5) is 0 Å². The monoisotopic (exact) mass is 324 g/mol. The fourth-order valence-corrected chi connectivity index (χ4v) is 2.75. The predicted octanol–water partition coefficient (Wildman–Crippen LogP) is 2.14. The zero-order chi connectivity index (χ0) is 15.8. The zero-order valence-electron chi connectivity index (χ0n) is 13.1. The van der Waals surface area contributed by atoms with Gasteiger partial charge in [-0.15, -0.1) is 0 Å². The van der Waals surface area contributed by atoms with Crippen molar-refractivity contribution in [1.29, 1.82) is 0 Å². The number of aromatic nitrogens is 1. The van der Waals surface area contributed by atoms with E-state index >= 15 is 0 Å². The van der Waals surface area contributed by atoms with Crippen LogP contribution in [0.15, 0.2) is 23.3 Å². The quantitative estimate of drug-likeness (QED) is 0.426. The predicted molar refractivity (Wildman–Crippen MR) is 90.4 cm³/mol. The smallest absolute Gasteiger partial charge is 0.191 e. The Morgan fingerprint density at radius 3 is 2.77 bits per heavy atom. The molecule has 1 aromatic heterocycles. The Labute approximate surface area is 137 Å². The summed E-state index contributed by atoms with van der Waals surface area (Å²) in [6.45, 7) is 4.05. The fraction of sp³-hybridized carbons (Fsp3) is 0.625. The molecular weight excluding hydrogens is 300 g/mol. The number of halogens is 1. The molecule has 1 aromatic rings. The van der Waals surface area contributed by atoms with Crippen LogP contribution in [0.25, 0.3) is 0 Å². The maximum absolute atomic E-state index is 10.4.